The van der Waals surface area contributed by atoms with Gasteiger partial charge in [0.2, 0.25) is 0 Å². The molecule has 20 heavy (non-hydrogen) atoms. The summed E-state index contributed by atoms with van der Waals surface area (Å²) in [6, 6.07) is 9.47. The molecule has 1 aromatic heterocycles. The van der Waals surface area contributed by atoms with Gasteiger partial charge in [-0.2, -0.15) is 0 Å². The highest BCUT2D eigenvalue weighted by Gasteiger charge is 2.14. The second kappa shape index (κ2) is 6.92. The number of hydrogen-bond acceptors (Lipinski definition) is 4. The molecule has 0 unspecified atom stereocenters. The summed E-state index contributed by atoms with van der Waals surface area (Å²) in [5, 5.41) is 13.3. The number of furan rings is 1. The second-order valence-corrected chi connectivity index (χ2v) is 5.40. The first-order valence-corrected chi connectivity index (χ1v) is 7.19. The van der Waals surface area contributed by atoms with Crippen LogP contribution in [0.3, 0.4) is 0 Å². The van der Waals surface area contributed by atoms with Gasteiger partial charge in [-0.15, -0.1) is 0 Å². The number of rotatable bonds is 6. The third kappa shape index (κ3) is 3.62. The van der Waals surface area contributed by atoms with Gasteiger partial charge in [0.15, 0.2) is 0 Å². The van der Waals surface area contributed by atoms with E-state index in [-0.39, 0.29) is 6.04 Å². The van der Waals surface area contributed by atoms with E-state index in [0.717, 1.165) is 15.8 Å². The molecule has 0 spiro atoms. The fraction of sp³-hybridized carbons (Fsp3) is 0.333. The van der Waals surface area contributed by atoms with Crippen molar-refractivity contribution in [2.75, 3.05) is 13.7 Å². The number of benzene rings is 1. The predicted octanol–water partition coefficient (Wildman–Crippen LogP) is 3.43. The topological polar surface area (TPSA) is 54.6 Å². The molecule has 2 aromatic rings. The third-order valence-corrected chi connectivity index (χ3v) is 3.85. The quantitative estimate of drug-likeness (QED) is 0.846. The van der Waals surface area contributed by atoms with Gasteiger partial charge in [0.05, 0.1) is 13.4 Å². The monoisotopic (exact) mass is 339 g/mol. The molecule has 0 bridgehead atoms. The normalized spacial score (nSPS) is 14.0. The summed E-state index contributed by atoms with van der Waals surface area (Å²) in [6.45, 7) is 2.47. The van der Waals surface area contributed by atoms with Gasteiger partial charge in [0.1, 0.15) is 17.6 Å². The van der Waals surface area contributed by atoms with Crippen LogP contribution in [0.25, 0.3) is 0 Å². The second-order valence-electron chi connectivity index (χ2n) is 4.55. The Morgan fingerprint density at radius 3 is 2.80 bits per heavy atom. The lowest BCUT2D eigenvalue weighted by molar-refractivity contribution is 0.144. The lowest BCUT2D eigenvalue weighted by atomic mass is 10.1. The predicted molar refractivity (Wildman–Crippen MR) is 80.8 cm³/mol. The number of methoxy groups -OCH3 is 1. The van der Waals surface area contributed by atoms with Crippen LogP contribution >= 0.6 is 15.9 Å². The summed E-state index contributed by atoms with van der Waals surface area (Å²) in [7, 11) is 1.64. The van der Waals surface area contributed by atoms with Crippen LogP contribution in [-0.2, 0) is 0 Å². The number of hydrogen-bond donors (Lipinski definition) is 2. The molecule has 1 heterocycles. The van der Waals surface area contributed by atoms with Crippen LogP contribution in [-0.4, -0.2) is 18.8 Å². The number of halogens is 1. The smallest absolute Gasteiger partial charge is 0.133 e. The molecule has 4 nitrogen and oxygen atoms in total. The Bertz CT molecular complexity index is 542. The van der Waals surface area contributed by atoms with Gasteiger partial charge < -0.3 is 19.6 Å². The molecule has 0 amide bonds. The molecule has 0 aliphatic rings. The minimum Gasteiger partial charge on any atom is -0.497 e. The molecule has 0 radical (unpaired) electrons. The van der Waals surface area contributed by atoms with E-state index in [0.29, 0.717) is 12.3 Å². The summed E-state index contributed by atoms with van der Waals surface area (Å²) in [6.07, 6.45) is 0.909. The lowest BCUT2D eigenvalue weighted by Gasteiger charge is -2.18. The van der Waals surface area contributed by atoms with Crippen LogP contribution in [0, 0.1) is 0 Å². The Hall–Kier alpha value is -1.30. The maximum atomic E-state index is 9.97. The Balaban J connectivity index is 1.96. The molecule has 0 saturated heterocycles. The molecule has 2 rings (SSSR count). The van der Waals surface area contributed by atoms with Gasteiger partial charge in [0.25, 0.3) is 0 Å². The molecule has 0 aliphatic heterocycles. The van der Waals surface area contributed by atoms with Crippen molar-refractivity contribution in [3.8, 4) is 5.75 Å². The third-order valence-electron chi connectivity index (χ3n) is 3.16. The van der Waals surface area contributed by atoms with Crippen LogP contribution in [0.2, 0.25) is 0 Å². The fourth-order valence-corrected chi connectivity index (χ4v) is 2.67. The number of ether oxygens (including phenoxy) is 1. The van der Waals surface area contributed by atoms with Crippen molar-refractivity contribution in [3.63, 3.8) is 0 Å². The zero-order chi connectivity index (χ0) is 14.5. The minimum absolute atomic E-state index is 0.0971. The summed E-state index contributed by atoms with van der Waals surface area (Å²) in [5.74, 6) is 1.38. The first-order chi connectivity index (χ1) is 9.61. The maximum Gasteiger partial charge on any atom is 0.133 e. The largest absolute Gasteiger partial charge is 0.497 e. The average molecular weight is 340 g/mol. The number of aliphatic hydroxyl groups is 1. The highest BCUT2D eigenvalue weighted by atomic mass is 79.9. The van der Waals surface area contributed by atoms with Gasteiger partial charge >= 0.3 is 0 Å². The van der Waals surface area contributed by atoms with Crippen LogP contribution in [0.4, 0.5) is 0 Å². The molecule has 2 atom stereocenters. The standard InChI is InChI=1S/C15H18BrNO3/c1-10(12-6-5-11(19-2)8-13(12)16)17-9-14(18)15-4-3-7-20-15/h3-8,10,14,17-18H,9H2,1-2H3/t10-,14+/m1/s1. The zero-order valence-electron chi connectivity index (χ0n) is 11.5. The summed E-state index contributed by atoms with van der Waals surface area (Å²) < 4.78 is 11.3. The van der Waals surface area contributed by atoms with E-state index in [1.807, 2.05) is 25.1 Å². The van der Waals surface area contributed by atoms with Gasteiger partial charge in [-0.05, 0) is 36.8 Å². The van der Waals surface area contributed by atoms with E-state index in [1.165, 1.54) is 0 Å². The molecule has 1 aromatic carbocycles. The Kier molecular flexibility index (Phi) is 5.23. The van der Waals surface area contributed by atoms with Crippen molar-refractivity contribution in [2.45, 2.75) is 19.1 Å². The van der Waals surface area contributed by atoms with Crippen LogP contribution in [0.1, 0.15) is 30.4 Å². The SMILES string of the molecule is COc1ccc([C@@H](C)NC[C@H](O)c2ccco2)c(Br)c1. The first kappa shape index (κ1) is 15.1. The van der Waals surface area contributed by atoms with E-state index < -0.39 is 6.10 Å². The number of nitrogens with one attached hydrogen (secondary N) is 1. The zero-order valence-corrected chi connectivity index (χ0v) is 13.1. The molecule has 5 heteroatoms. The molecule has 108 valence electrons. The van der Waals surface area contributed by atoms with Gasteiger partial charge in [-0.1, -0.05) is 22.0 Å². The fourth-order valence-electron chi connectivity index (χ4n) is 1.97. The average Bonchev–Trinajstić information content (AvgIpc) is 2.98. The first-order valence-electron chi connectivity index (χ1n) is 6.40. The summed E-state index contributed by atoms with van der Waals surface area (Å²) >= 11 is 3.53. The molecule has 0 saturated carbocycles. The van der Waals surface area contributed by atoms with Crippen LogP contribution in [0.5, 0.6) is 5.75 Å². The Labute approximate surface area is 126 Å². The van der Waals surface area contributed by atoms with Gasteiger partial charge in [-0.3, -0.25) is 0 Å². The van der Waals surface area contributed by atoms with E-state index in [1.54, 1.807) is 25.5 Å². The minimum atomic E-state index is -0.649. The van der Waals surface area contributed by atoms with Crippen molar-refractivity contribution in [1.82, 2.24) is 5.32 Å². The van der Waals surface area contributed by atoms with Gasteiger partial charge in [0, 0.05) is 17.1 Å². The highest BCUT2D eigenvalue weighted by Crippen LogP contribution is 2.27. The molecule has 0 aliphatic carbocycles. The van der Waals surface area contributed by atoms with E-state index in [4.69, 9.17) is 9.15 Å². The van der Waals surface area contributed by atoms with E-state index >= 15 is 0 Å². The van der Waals surface area contributed by atoms with Crippen LogP contribution in [0.15, 0.2) is 45.5 Å². The Morgan fingerprint density at radius 2 is 2.20 bits per heavy atom. The van der Waals surface area contributed by atoms with Gasteiger partial charge in [-0.25, -0.2) is 0 Å². The van der Waals surface area contributed by atoms with Crippen molar-refractivity contribution in [1.29, 1.82) is 0 Å². The lowest BCUT2D eigenvalue weighted by Crippen LogP contribution is -2.24. The van der Waals surface area contributed by atoms with Crippen LogP contribution < -0.4 is 10.1 Å². The van der Waals surface area contributed by atoms with Crippen molar-refractivity contribution in [2.24, 2.45) is 0 Å². The van der Waals surface area contributed by atoms with E-state index in [2.05, 4.69) is 21.2 Å². The summed E-state index contributed by atoms with van der Waals surface area (Å²) in [5.41, 5.74) is 1.11. The molecular formula is C15H18BrNO3. The molecule has 2 N–H and O–H groups in total. The highest BCUT2D eigenvalue weighted by molar-refractivity contribution is 9.10. The van der Waals surface area contributed by atoms with E-state index in [9.17, 15) is 5.11 Å². The summed E-state index contributed by atoms with van der Waals surface area (Å²) in [4.78, 5) is 0. The Morgan fingerprint density at radius 1 is 1.40 bits per heavy atom. The van der Waals surface area contributed by atoms with Crippen molar-refractivity contribution in [3.05, 3.63) is 52.4 Å². The molecule has 0 fully saturated rings. The molecular weight excluding hydrogens is 322 g/mol. The maximum absolute atomic E-state index is 9.97. The van der Waals surface area contributed by atoms with Crippen molar-refractivity contribution < 1.29 is 14.3 Å². The van der Waals surface area contributed by atoms with Crippen molar-refractivity contribution >= 4 is 15.9 Å². The number of aliphatic hydroxyl groups excluding tert-OH is 1.